The quantitative estimate of drug-likeness (QED) is 0.464. The molecule has 0 radical (unpaired) electrons. The largest absolute Gasteiger partial charge is 0.434 e. The average Bonchev–Trinajstić information content (AvgIpc) is 2.26. The summed E-state index contributed by atoms with van der Waals surface area (Å²) in [7, 11) is 0. The second kappa shape index (κ2) is 6.18. The van der Waals surface area contributed by atoms with E-state index in [4.69, 9.17) is 11.6 Å². The van der Waals surface area contributed by atoms with Crippen molar-refractivity contribution >= 4 is 17.4 Å². The average molecular weight is 303 g/mol. The Kier molecular flexibility index (Phi) is 5.11. The smallest absolute Gasteiger partial charge is 0.417 e. The van der Waals surface area contributed by atoms with Crippen molar-refractivity contribution in [2.45, 2.75) is 19.2 Å². The molecule has 106 valence electrons. The first-order chi connectivity index (χ1) is 8.77. The highest BCUT2D eigenvalue weighted by atomic mass is 35.5. The molecule has 8 heteroatoms. The van der Waals surface area contributed by atoms with Gasteiger partial charge >= 0.3 is 12.8 Å². The van der Waals surface area contributed by atoms with Gasteiger partial charge in [0, 0.05) is 12.3 Å². The number of Topliss-reactive ketones (excluding diaryl/α,β-unsaturated/α-hetero) is 1. The van der Waals surface area contributed by atoms with Crippen LogP contribution in [0.4, 0.5) is 22.0 Å². The highest BCUT2D eigenvalue weighted by Gasteiger charge is 2.37. The highest BCUT2D eigenvalue weighted by molar-refractivity contribution is 6.19. The maximum absolute atomic E-state index is 12.7. The molecule has 0 saturated carbocycles. The number of carbonyl (C=O) groups is 1. The Labute approximate surface area is 110 Å². The molecule has 0 aliphatic carbocycles. The Morgan fingerprint density at radius 3 is 2.42 bits per heavy atom. The number of benzene rings is 1. The van der Waals surface area contributed by atoms with E-state index in [1.807, 2.05) is 0 Å². The van der Waals surface area contributed by atoms with Crippen LogP contribution in [0.1, 0.15) is 22.3 Å². The van der Waals surface area contributed by atoms with E-state index in [0.29, 0.717) is 6.07 Å². The summed E-state index contributed by atoms with van der Waals surface area (Å²) in [5.41, 5.74) is -2.24. The van der Waals surface area contributed by atoms with Gasteiger partial charge in [-0.25, -0.2) is 0 Å². The van der Waals surface area contributed by atoms with Crippen LogP contribution in [0.5, 0.6) is 5.75 Å². The van der Waals surface area contributed by atoms with Crippen LogP contribution in [-0.2, 0) is 6.18 Å². The predicted octanol–water partition coefficient (Wildman–Crippen LogP) is 4.12. The second-order valence-electron chi connectivity index (χ2n) is 3.42. The van der Waals surface area contributed by atoms with Gasteiger partial charge in [-0.3, -0.25) is 4.79 Å². The summed E-state index contributed by atoms with van der Waals surface area (Å²) in [6.07, 6.45) is -5.26. The van der Waals surface area contributed by atoms with E-state index in [-0.39, 0.29) is 5.88 Å². The lowest BCUT2D eigenvalue weighted by atomic mass is 10.0. The number of hydrogen-bond acceptors (Lipinski definition) is 2. The van der Waals surface area contributed by atoms with Crippen LogP contribution in [0.25, 0.3) is 0 Å². The van der Waals surface area contributed by atoms with Crippen LogP contribution in [0.2, 0.25) is 0 Å². The molecule has 0 amide bonds. The van der Waals surface area contributed by atoms with E-state index in [1.54, 1.807) is 0 Å². The molecule has 0 spiro atoms. The summed E-state index contributed by atoms with van der Waals surface area (Å²) < 4.78 is 66.4. The summed E-state index contributed by atoms with van der Waals surface area (Å²) in [6.45, 7) is -3.33. The first-order valence-electron chi connectivity index (χ1n) is 5.01. The molecule has 1 aromatic carbocycles. The third-order valence-corrected chi connectivity index (χ3v) is 2.34. The second-order valence-corrected chi connectivity index (χ2v) is 3.80. The fraction of sp³-hybridized carbons (Fsp3) is 0.364. The summed E-state index contributed by atoms with van der Waals surface area (Å²) >= 11 is 5.28. The Bertz CT molecular complexity index is 459. The van der Waals surface area contributed by atoms with Gasteiger partial charge < -0.3 is 4.74 Å². The minimum Gasteiger partial charge on any atom is -0.434 e. The van der Waals surface area contributed by atoms with Gasteiger partial charge in [-0.1, -0.05) is 6.07 Å². The van der Waals surface area contributed by atoms with Crippen LogP contribution >= 0.6 is 11.6 Å². The third-order valence-electron chi connectivity index (χ3n) is 2.15. The molecule has 1 rings (SSSR count). The molecular formula is C11H8ClF5O2. The SMILES string of the molecule is O=C(CCCl)c1c(OC(F)F)cccc1C(F)(F)F. The van der Waals surface area contributed by atoms with Crippen molar-refractivity contribution < 1.29 is 31.5 Å². The van der Waals surface area contributed by atoms with E-state index in [9.17, 15) is 26.7 Å². The van der Waals surface area contributed by atoms with Gasteiger partial charge in [0.05, 0.1) is 11.1 Å². The molecule has 19 heavy (non-hydrogen) atoms. The van der Waals surface area contributed by atoms with Crippen LogP contribution in [0, 0.1) is 0 Å². The van der Waals surface area contributed by atoms with E-state index >= 15 is 0 Å². The van der Waals surface area contributed by atoms with Gasteiger partial charge in [0.25, 0.3) is 0 Å². The van der Waals surface area contributed by atoms with Crippen LogP contribution in [0.15, 0.2) is 18.2 Å². The Hall–Kier alpha value is -1.37. The molecule has 0 bridgehead atoms. The van der Waals surface area contributed by atoms with Crippen molar-refractivity contribution in [3.05, 3.63) is 29.3 Å². The topological polar surface area (TPSA) is 26.3 Å². The van der Waals surface area contributed by atoms with Crippen molar-refractivity contribution in [1.29, 1.82) is 0 Å². The molecular weight excluding hydrogens is 295 g/mol. The van der Waals surface area contributed by atoms with Crippen molar-refractivity contribution in [3.8, 4) is 5.75 Å². The summed E-state index contributed by atoms with van der Waals surface area (Å²) in [5.74, 6) is -2.03. The number of carbonyl (C=O) groups excluding carboxylic acids is 1. The normalized spacial score (nSPS) is 11.7. The minimum absolute atomic E-state index is 0.223. The first-order valence-corrected chi connectivity index (χ1v) is 5.55. The van der Waals surface area contributed by atoms with Gasteiger partial charge in [-0.2, -0.15) is 22.0 Å². The van der Waals surface area contributed by atoms with Crippen molar-refractivity contribution in [2.24, 2.45) is 0 Å². The van der Waals surface area contributed by atoms with E-state index in [0.717, 1.165) is 12.1 Å². The standard InChI is InChI=1S/C11H8ClF5O2/c12-5-4-7(18)9-6(11(15,16)17)2-1-3-8(9)19-10(13)14/h1-3,10H,4-5H2. The molecule has 0 fully saturated rings. The monoisotopic (exact) mass is 302 g/mol. The van der Waals surface area contributed by atoms with Crippen LogP contribution in [0.3, 0.4) is 0 Å². The number of alkyl halides is 6. The number of hydrogen-bond donors (Lipinski definition) is 0. The van der Waals surface area contributed by atoms with E-state index in [2.05, 4.69) is 4.74 Å². The zero-order valence-electron chi connectivity index (χ0n) is 9.31. The molecule has 1 aromatic rings. The lowest BCUT2D eigenvalue weighted by Crippen LogP contribution is -2.16. The lowest BCUT2D eigenvalue weighted by Gasteiger charge is -2.15. The molecule has 0 aromatic heterocycles. The maximum atomic E-state index is 12.7. The Morgan fingerprint density at radius 1 is 1.32 bits per heavy atom. The number of ketones is 1. The number of halogens is 6. The van der Waals surface area contributed by atoms with Crippen molar-refractivity contribution in [1.82, 2.24) is 0 Å². The molecule has 2 nitrogen and oxygen atoms in total. The fourth-order valence-corrected chi connectivity index (χ4v) is 1.63. The zero-order valence-corrected chi connectivity index (χ0v) is 10.1. The molecule has 0 saturated heterocycles. The lowest BCUT2D eigenvalue weighted by molar-refractivity contribution is -0.138. The molecule has 0 N–H and O–H groups in total. The molecule has 0 aliphatic heterocycles. The minimum atomic E-state index is -4.85. The zero-order chi connectivity index (χ0) is 14.6. The summed E-state index contributed by atoms with van der Waals surface area (Å²) in [6, 6.07) is 2.39. The van der Waals surface area contributed by atoms with Gasteiger partial charge in [-0.15, -0.1) is 11.6 Å². The third kappa shape index (κ3) is 4.05. The maximum Gasteiger partial charge on any atom is 0.417 e. The predicted molar refractivity (Wildman–Crippen MR) is 57.7 cm³/mol. The first kappa shape index (κ1) is 15.7. The van der Waals surface area contributed by atoms with E-state index in [1.165, 1.54) is 0 Å². The summed E-state index contributed by atoms with van der Waals surface area (Å²) in [4.78, 5) is 11.6. The Morgan fingerprint density at radius 2 is 1.95 bits per heavy atom. The van der Waals surface area contributed by atoms with Gasteiger partial charge in [0.15, 0.2) is 5.78 Å². The van der Waals surface area contributed by atoms with Crippen LogP contribution < -0.4 is 4.74 Å². The van der Waals surface area contributed by atoms with E-state index < -0.39 is 41.9 Å². The number of ether oxygens (including phenoxy) is 1. The summed E-state index contributed by atoms with van der Waals surface area (Å²) in [5, 5.41) is 0. The molecule has 0 unspecified atom stereocenters. The Balaban J connectivity index is 3.36. The van der Waals surface area contributed by atoms with Crippen molar-refractivity contribution in [2.75, 3.05) is 5.88 Å². The molecule has 0 atom stereocenters. The van der Waals surface area contributed by atoms with Gasteiger partial charge in [-0.05, 0) is 12.1 Å². The molecule has 0 heterocycles. The number of rotatable bonds is 5. The van der Waals surface area contributed by atoms with Gasteiger partial charge in [0.2, 0.25) is 0 Å². The van der Waals surface area contributed by atoms with Crippen molar-refractivity contribution in [3.63, 3.8) is 0 Å². The van der Waals surface area contributed by atoms with Crippen LogP contribution in [-0.4, -0.2) is 18.3 Å². The fourth-order valence-electron chi connectivity index (χ4n) is 1.46. The molecule has 0 aliphatic rings. The highest BCUT2D eigenvalue weighted by Crippen LogP contribution is 2.37. The van der Waals surface area contributed by atoms with Gasteiger partial charge in [0.1, 0.15) is 5.75 Å².